The Balaban J connectivity index is 1.57. The number of halogens is 3. The number of esters is 1. The largest absolute Gasteiger partial charge is 0.497 e. The van der Waals surface area contributed by atoms with Crippen LogP contribution >= 0.6 is 0 Å². The van der Waals surface area contributed by atoms with Crippen LogP contribution in [0.15, 0.2) is 66.7 Å². The highest BCUT2D eigenvalue weighted by atomic mass is 32.2. The fourth-order valence-corrected chi connectivity index (χ4v) is 6.32. The van der Waals surface area contributed by atoms with Gasteiger partial charge in [0.1, 0.15) is 29.8 Å². The Morgan fingerprint density at radius 1 is 1.02 bits per heavy atom. The van der Waals surface area contributed by atoms with Gasteiger partial charge in [-0.3, -0.25) is 9.62 Å². The summed E-state index contributed by atoms with van der Waals surface area (Å²) in [6.07, 6.45) is -4.97. The molecule has 11 nitrogen and oxygen atoms in total. The van der Waals surface area contributed by atoms with Crippen LogP contribution < -0.4 is 24.4 Å². The number of sulfonamides is 1. The van der Waals surface area contributed by atoms with Gasteiger partial charge in [0, 0.05) is 24.2 Å². The van der Waals surface area contributed by atoms with E-state index < -0.39 is 45.5 Å². The van der Waals surface area contributed by atoms with Gasteiger partial charge in [0.2, 0.25) is 10.0 Å². The van der Waals surface area contributed by atoms with Crippen molar-refractivity contribution in [3.8, 4) is 11.5 Å². The molecule has 2 N–H and O–H groups in total. The summed E-state index contributed by atoms with van der Waals surface area (Å²) in [4.78, 5) is 26.9. The molecule has 1 aliphatic heterocycles. The maximum absolute atomic E-state index is 13.4. The normalized spacial score (nSPS) is 15.0. The van der Waals surface area contributed by atoms with E-state index in [0.717, 1.165) is 17.4 Å². The molecular formula is C36H44F3N3O8S. The average molecular weight is 736 g/mol. The van der Waals surface area contributed by atoms with Gasteiger partial charge in [-0.1, -0.05) is 50.2 Å². The van der Waals surface area contributed by atoms with E-state index in [1.165, 1.54) is 23.1 Å². The molecule has 0 radical (unpaired) electrons. The fourth-order valence-electron chi connectivity index (χ4n) is 5.77. The number of cyclic esters (lactones) is 1. The number of carbonyl (C=O) groups is 2. The maximum atomic E-state index is 13.4. The average Bonchev–Trinajstić information content (AvgIpc) is 3.07. The Kier molecular flexibility index (Phi) is 12.2. The Morgan fingerprint density at radius 2 is 1.71 bits per heavy atom. The molecule has 1 aliphatic rings. The Bertz CT molecular complexity index is 1800. The van der Waals surface area contributed by atoms with Crippen molar-refractivity contribution in [2.24, 2.45) is 0 Å². The first-order chi connectivity index (χ1) is 23.9. The number of nitrogens with one attached hydrogen (secondary N) is 2. The van der Waals surface area contributed by atoms with Gasteiger partial charge in [-0.05, 0) is 74.6 Å². The van der Waals surface area contributed by atoms with Crippen molar-refractivity contribution in [1.29, 1.82) is 0 Å². The summed E-state index contributed by atoms with van der Waals surface area (Å²) in [5.74, 6) is -1.68. The van der Waals surface area contributed by atoms with Crippen molar-refractivity contribution in [2.45, 2.75) is 77.0 Å². The third kappa shape index (κ3) is 10.1. The van der Waals surface area contributed by atoms with Crippen LogP contribution in [-0.4, -0.2) is 58.7 Å². The van der Waals surface area contributed by atoms with Crippen molar-refractivity contribution in [1.82, 2.24) is 5.32 Å². The topological polar surface area (TPSA) is 132 Å². The zero-order valence-electron chi connectivity index (χ0n) is 29.4. The lowest BCUT2D eigenvalue weighted by atomic mass is 9.85. The molecule has 278 valence electrons. The molecule has 4 rings (SSSR count). The highest BCUT2D eigenvalue weighted by molar-refractivity contribution is 7.92. The van der Waals surface area contributed by atoms with Crippen molar-refractivity contribution < 1.29 is 50.1 Å². The zero-order valence-corrected chi connectivity index (χ0v) is 30.2. The molecule has 0 saturated heterocycles. The molecule has 1 unspecified atom stereocenters. The second-order valence-electron chi connectivity index (χ2n) is 12.9. The lowest BCUT2D eigenvalue weighted by Crippen LogP contribution is -2.49. The smallest absolute Gasteiger partial charge is 0.490 e. The molecule has 15 heteroatoms. The van der Waals surface area contributed by atoms with E-state index in [2.05, 4.69) is 10.0 Å². The van der Waals surface area contributed by atoms with Crippen LogP contribution in [0, 0.1) is 0 Å². The zero-order chi connectivity index (χ0) is 37.6. The van der Waals surface area contributed by atoms with Gasteiger partial charge in [-0.15, -0.1) is 0 Å². The van der Waals surface area contributed by atoms with Crippen LogP contribution in [-0.2, 0) is 36.5 Å². The number of carbonyl (C=O) groups excluding carboxylic acids is 2. The second-order valence-corrected chi connectivity index (χ2v) is 14.7. The Hall–Kier alpha value is -4.50. The van der Waals surface area contributed by atoms with Gasteiger partial charge in [0.25, 0.3) is 0 Å². The van der Waals surface area contributed by atoms with Crippen LogP contribution in [0.2, 0.25) is 0 Å². The van der Waals surface area contributed by atoms with Gasteiger partial charge in [-0.2, -0.15) is 13.2 Å². The van der Waals surface area contributed by atoms with Gasteiger partial charge in [-0.25, -0.2) is 18.0 Å². The van der Waals surface area contributed by atoms with Gasteiger partial charge < -0.3 is 24.3 Å². The number of fused-ring (bicyclic) bond motifs is 1. The van der Waals surface area contributed by atoms with E-state index in [4.69, 9.17) is 18.9 Å². The van der Waals surface area contributed by atoms with E-state index >= 15 is 0 Å². The first-order valence-electron chi connectivity index (χ1n) is 16.4. The molecule has 1 heterocycles. The van der Waals surface area contributed by atoms with E-state index in [9.17, 15) is 31.2 Å². The minimum Gasteiger partial charge on any atom is -0.497 e. The van der Waals surface area contributed by atoms with Gasteiger partial charge >= 0.3 is 18.2 Å². The Labute approximate surface area is 296 Å². The van der Waals surface area contributed by atoms with Crippen LogP contribution in [0.1, 0.15) is 69.8 Å². The predicted octanol–water partition coefficient (Wildman–Crippen LogP) is 7.22. The quantitative estimate of drug-likeness (QED) is 0.146. The third-order valence-corrected chi connectivity index (χ3v) is 9.34. The van der Waals surface area contributed by atoms with Crippen LogP contribution in [0.4, 0.5) is 29.3 Å². The molecule has 51 heavy (non-hydrogen) atoms. The summed E-state index contributed by atoms with van der Waals surface area (Å²) in [6, 6.07) is 18.6. The summed E-state index contributed by atoms with van der Waals surface area (Å²) >= 11 is 0. The summed E-state index contributed by atoms with van der Waals surface area (Å²) < 4.78 is 89.2. The summed E-state index contributed by atoms with van der Waals surface area (Å²) in [7, 11) is -2.29. The minimum atomic E-state index is -5.28. The number of hydrogen-bond donors (Lipinski definition) is 2. The number of methoxy groups -OCH3 is 1. The summed E-state index contributed by atoms with van der Waals surface area (Å²) in [5, 5.41) is 3.17. The SMILES string of the molecule is CCC1(CC)OC(=O)N(CCC(C)(C)NCC(OC(=O)C(F)(F)F)c2ccc(OCc3ccccc3)c(NS(C)(=O)=O)c2)c2ccc(OC)cc21. The number of benzene rings is 3. The first-order valence-corrected chi connectivity index (χ1v) is 18.3. The number of nitrogens with zero attached hydrogens (tertiary/aromatic N) is 1. The summed E-state index contributed by atoms with van der Waals surface area (Å²) in [5.41, 5.74) is 0.668. The highest BCUT2D eigenvalue weighted by Gasteiger charge is 2.44. The molecule has 0 bridgehead atoms. The number of anilines is 2. The number of rotatable bonds is 16. The molecule has 0 saturated carbocycles. The summed E-state index contributed by atoms with van der Waals surface area (Å²) in [6.45, 7) is 7.45. The minimum absolute atomic E-state index is 0.0487. The van der Waals surface area contributed by atoms with Gasteiger partial charge in [0.15, 0.2) is 0 Å². The standard InChI is InChI=1S/C36H44F3N3O8S/c1-7-35(8-2)27-21-26(47-5)15-16-29(27)42(33(44)50-35)19-18-34(3,4)40-22-31(49-32(43)36(37,38)39)25-14-17-30(28(20-25)41-51(6,45)46)48-23-24-12-10-9-11-13-24/h9-17,20-21,31,40-41H,7-8,18-19,22-23H2,1-6H3. The molecule has 0 spiro atoms. The molecule has 3 aromatic rings. The molecule has 1 amide bonds. The van der Waals surface area contributed by atoms with Crippen molar-refractivity contribution in [3.63, 3.8) is 0 Å². The lowest BCUT2D eigenvalue weighted by Gasteiger charge is -2.42. The fraction of sp³-hybridized carbons (Fsp3) is 0.444. The van der Waals surface area contributed by atoms with E-state index in [0.29, 0.717) is 30.7 Å². The molecule has 0 aromatic heterocycles. The third-order valence-electron chi connectivity index (χ3n) is 8.75. The predicted molar refractivity (Wildman–Crippen MR) is 186 cm³/mol. The molecule has 3 aromatic carbocycles. The number of hydrogen-bond acceptors (Lipinski definition) is 9. The number of amides is 1. The van der Waals surface area contributed by atoms with Gasteiger partial charge in [0.05, 0.1) is 24.7 Å². The van der Waals surface area contributed by atoms with Crippen molar-refractivity contribution in [2.75, 3.05) is 36.1 Å². The second kappa shape index (κ2) is 15.8. The van der Waals surface area contributed by atoms with E-state index in [-0.39, 0.29) is 36.7 Å². The van der Waals surface area contributed by atoms with Crippen molar-refractivity contribution >= 4 is 33.5 Å². The van der Waals surface area contributed by atoms with Crippen molar-refractivity contribution in [3.05, 3.63) is 83.4 Å². The molecular weight excluding hydrogens is 691 g/mol. The molecule has 0 aliphatic carbocycles. The van der Waals surface area contributed by atoms with E-state index in [1.807, 2.05) is 50.2 Å². The number of alkyl halides is 3. The first kappa shape index (κ1) is 39.3. The highest BCUT2D eigenvalue weighted by Crippen LogP contribution is 2.45. The lowest BCUT2D eigenvalue weighted by molar-refractivity contribution is -0.205. The van der Waals surface area contributed by atoms with E-state index in [1.54, 1.807) is 33.1 Å². The monoisotopic (exact) mass is 735 g/mol. The van der Waals surface area contributed by atoms with Crippen LogP contribution in [0.3, 0.4) is 0 Å². The Morgan fingerprint density at radius 3 is 2.31 bits per heavy atom. The van der Waals surface area contributed by atoms with Crippen LogP contribution in [0.25, 0.3) is 0 Å². The molecule has 1 atom stereocenters. The maximum Gasteiger partial charge on any atom is 0.490 e. The number of ether oxygens (including phenoxy) is 4. The molecule has 0 fully saturated rings. The van der Waals surface area contributed by atoms with Crippen LogP contribution in [0.5, 0.6) is 11.5 Å².